The lowest BCUT2D eigenvalue weighted by Crippen LogP contribution is -2.07. The van der Waals surface area contributed by atoms with E-state index >= 15 is 0 Å². The Balaban J connectivity index is 0.000000245. The van der Waals surface area contributed by atoms with Crippen molar-refractivity contribution in [2.45, 2.75) is 27.7 Å². The van der Waals surface area contributed by atoms with Gasteiger partial charge < -0.3 is 4.74 Å². The SMILES string of the molecule is Cc1cc(C)c(C(=O)[P](=O)c2ccccc2)c(C)c1.Cc1ccccc1C(=O)OC=O. The summed E-state index contributed by atoms with van der Waals surface area (Å²) in [5, 5.41) is 0.585. The topological polar surface area (TPSA) is 77.5 Å². The fraction of sp³-hybridized carbons (Fsp3) is 0.160. The molecular formula is C25H24O5P. The molecule has 159 valence electrons. The van der Waals surface area contributed by atoms with Crippen molar-refractivity contribution in [3.63, 3.8) is 0 Å². The second-order valence-corrected chi connectivity index (χ2v) is 8.54. The normalized spacial score (nSPS) is 10.4. The second-order valence-electron chi connectivity index (χ2n) is 7.03. The molecule has 1 atom stereocenters. The molecule has 3 aromatic rings. The zero-order valence-electron chi connectivity index (χ0n) is 17.9. The number of hydrogen-bond donors (Lipinski definition) is 0. The van der Waals surface area contributed by atoms with Crippen LogP contribution in [0, 0.1) is 27.7 Å². The van der Waals surface area contributed by atoms with Gasteiger partial charge in [-0.15, -0.1) is 0 Å². The van der Waals surface area contributed by atoms with Gasteiger partial charge in [0.05, 0.1) is 5.56 Å². The Morgan fingerprint density at radius 3 is 1.90 bits per heavy atom. The number of hydrogen-bond acceptors (Lipinski definition) is 5. The number of benzene rings is 3. The van der Waals surface area contributed by atoms with Gasteiger partial charge in [0.25, 0.3) is 0 Å². The van der Waals surface area contributed by atoms with Crippen LogP contribution in [0.5, 0.6) is 0 Å². The van der Waals surface area contributed by atoms with E-state index in [1.807, 2.05) is 45.0 Å². The Kier molecular flexibility index (Phi) is 8.53. The predicted octanol–water partition coefficient (Wildman–Crippen LogP) is 5.21. The summed E-state index contributed by atoms with van der Waals surface area (Å²) >= 11 is 0. The Morgan fingerprint density at radius 2 is 1.35 bits per heavy atom. The summed E-state index contributed by atoms with van der Waals surface area (Å²) in [5.41, 5.74) is 4.42. The third-order valence-corrected chi connectivity index (χ3v) is 5.95. The molecule has 0 aliphatic heterocycles. The van der Waals surface area contributed by atoms with Crippen molar-refractivity contribution in [3.8, 4) is 0 Å². The minimum Gasteiger partial charge on any atom is -0.392 e. The van der Waals surface area contributed by atoms with Crippen LogP contribution in [0.2, 0.25) is 0 Å². The Hall–Kier alpha value is -3.43. The molecule has 0 amide bonds. The molecule has 3 aromatic carbocycles. The molecule has 0 bridgehead atoms. The van der Waals surface area contributed by atoms with Crippen molar-refractivity contribution >= 4 is 31.1 Å². The standard InChI is InChI=1S/C16H16O2P.C9H8O3/c1-11-9-12(2)15(13(3)10-11)16(17)19(18)14-7-5-4-6-8-14;1-7-4-2-3-5-8(7)9(11)12-6-10/h4-10H,1-3H3;2-6H,1H3. The summed E-state index contributed by atoms with van der Waals surface area (Å²) in [6.45, 7) is 7.68. The minimum atomic E-state index is -2.04. The van der Waals surface area contributed by atoms with Crippen LogP contribution in [0.4, 0.5) is 0 Å². The molecule has 6 heteroatoms. The molecule has 3 rings (SSSR count). The van der Waals surface area contributed by atoms with Crippen molar-refractivity contribution in [1.82, 2.24) is 0 Å². The maximum Gasteiger partial charge on any atom is 0.345 e. The van der Waals surface area contributed by atoms with Crippen LogP contribution >= 0.6 is 7.80 Å². The lowest BCUT2D eigenvalue weighted by atomic mass is 10.0. The molecule has 0 spiro atoms. The van der Waals surface area contributed by atoms with E-state index in [-0.39, 0.29) is 12.0 Å². The fourth-order valence-corrected chi connectivity index (χ4v) is 4.44. The number of aryl methyl sites for hydroxylation is 4. The van der Waals surface area contributed by atoms with Crippen molar-refractivity contribution < 1.29 is 23.7 Å². The largest absolute Gasteiger partial charge is 0.392 e. The minimum absolute atomic E-state index is 0.134. The van der Waals surface area contributed by atoms with E-state index in [9.17, 15) is 18.9 Å². The maximum absolute atomic E-state index is 12.4. The zero-order chi connectivity index (χ0) is 23.0. The first-order chi connectivity index (χ1) is 14.8. The number of esters is 1. The molecule has 0 saturated heterocycles. The van der Waals surface area contributed by atoms with Gasteiger partial charge in [-0.2, -0.15) is 0 Å². The average molecular weight is 435 g/mol. The highest BCUT2D eigenvalue weighted by Crippen LogP contribution is 2.30. The number of ether oxygens (including phenoxy) is 1. The molecule has 1 unspecified atom stereocenters. The van der Waals surface area contributed by atoms with Crippen molar-refractivity contribution in [2.24, 2.45) is 0 Å². The van der Waals surface area contributed by atoms with Crippen LogP contribution in [0.25, 0.3) is 0 Å². The summed E-state index contributed by atoms with van der Waals surface area (Å²) in [5.74, 6) is -0.608. The average Bonchev–Trinajstić information content (AvgIpc) is 2.74. The molecular weight excluding hydrogens is 411 g/mol. The van der Waals surface area contributed by atoms with Gasteiger partial charge in [0, 0.05) is 10.9 Å². The van der Waals surface area contributed by atoms with Gasteiger partial charge in [-0.25, -0.2) is 4.79 Å². The molecule has 0 heterocycles. The van der Waals surface area contributed by atoms with Gasteiger partial charge in [0.2, 0.25) is 5.52 Å². The van der Waals surface area contributed by atoms with Crippen LogP contribution in [-0.2, 0) is 14.1 Å². The maximum atomic E-state index is 12.4. The summed E-state index contributed by atoms with van der Waals surface area (Å²) in [7, 11) is -2.04. The zero-order valence-corrected chi connectivity index (χ0v) is 18.8. The van der Waals surface area contributed by atoms with E-state index in [1.165, 1.54) is 0 Å². The number of carbonyl (C=O) groups is 3. The lowest BCUT2D eigenvalue weighted by Gasteiger charge is -2.09. The van der Waals surface area contributed by atoms with Crippen molar-refractivity contribution in [1.29, 1.82) is 0 Å². The van der Waals surface area contributed by atoms with Crippen molar-refractivity contribution in [3.05, 3.63) is 100 Å². The van der Waals surface area contributed by atoms with Crippen LogP contribution in [-0.4, -0.2) is 18.0 Å². The van der Waals surface area contributed by atoms with Crippen LogP contribution in [0.1, 0.15) is 43.0 Å². The molecule has 1 radical (unpaired) electrons. The third-order valence-electron chi connectivity index (χ3n) is 4.59. The first-order valence-electron chi connectivity index (χ1n) is 9.61. The smallest absolute Gasteiger partial charge is 0.345 e. The highest BCUT2D eigenvalue weighted by molar-refractivity contribution is 7.71. The first kappa shape index (κ1) is 23.8. The van der Waals surface area contributed by atoms with Gasteiger partial charge in [-0.3, -0.25) is 14.2 Å². The van der Waals surface area contributed by atoms with E-state index in [0.29, 0.717) is 16.4 Å². The number of carbonyl (C=O) groups excluding carboxylic acids is 3. The first-order valence-corrected chi connectivity index (χ1v) is 10.9. The lowest BCUT2D eigenvalue weighted by molar-refractivity contribution is -0.123. The van der Waals surface area contributed by atoms with Crippen LogP contribution in [0.3, 0.4) is 0 Å². The Morgan fingerprint density at radius 1 is 0.806 bits per heavy atom. The van der Waals surface area contributed by atoms with Gasteiger partial charge in [0.1, 0.15) is 0 Å². The molecule has 31 heavy (non-hydrogen) atoms. The Bertz CT molecular complexity index is 1100. The quantitative estimate of drug-likeness (QED) is 0.238. The molecule has 0 aromatic heterocycles. The van der Waals surface area contributed by atoms with Crippen molar-refractivity contribution in [2.75, 3.05) is 0 Å². The molecule has 0 fully saturated rings. The number of rotatable bonds is 5. The molecule has 0 aliphatic rings. The highest BCUT2D eigenvalue weighted by Gasteiger charge is 2.21. The van der Waals surface area contributed by atoms with Crippen LogP contribution in [0.15, 0.2) is 66.7 Å². The van der Waals surface area contributed by atoms with E-state index in [2.05, 4.69) is 4.74 Å². The van der Waals surface area contributed by atoms with E-state index in [4.69, 9.17) is 0 Å². The van der Waals surface area contributed by atoms with Gasteiger partial charge in [0.15, 0.2) is 7.80 Å². The third kappa shape index (κ3) is 6.27. The van der Waals surface area contributed by atoms with E-state index in [0.717, 1.165) is 22.3 Å². The van der Waals surface area contributed by atoms with E-state index in [1.54, 1.807) is 49.4 Å². The molecule has 0 aliphatic carbocycles. The summed E-state index contributed by atoms with van der Waals surface area (Å²) < 4.78 is 16.5. The highest BCUT2D eigenvalue weighted by atomic mass is 31.1. The Labute approximate surface area is 182 Å². The van der Waals surface area contributed by atoms with Gasteiger partial charge >= 0.3 is 12.4 Å². The van der Waals surface area contributed by atoms with Gasteiger partial charge in [-0.05, 0) is 62.6 Å². The van der Waals surface area contributed by atoms with Gasteiger partial charge in [-0.1, -0.05) is 54.1 Å². The summed E-state index contributed by atoms with van der Waals surface area (Å²) in [4.78, 5) is 33.3. The monoisotopic (exact) mass is 435 g/mol. The second kappa shape index (κ2) is 11.1. The molecule has 5 nitrogen and oxygen atoms in total. The van der Waals surface area contributed by atoms with E-state index < -0.39 is 13.8 Å². The molecule has 0 saturated carbocycles. The summed E-state index contributed by atoms with van der Waals surface area (Å²) in [6.07, 6.45) is 0. The summed E-state index contributed by atoms with van der Waals surface area (Å²) in [6, 6.07) is 19.7. The molecule has 0 N–H and O–H groups in total. The predicted molar refractivity (Wildman–Crippen MR) is 121 cm³/mol. The van der Waals surface area contributed by atoms with Crippen LogP contribution < -0.4 is 5.30 Å². The fourth-order valence-electron chi connectivity index (χ4n) is 3.21.